The highest BCUT2D eigenvalue weighted by atomic mass is 35.5. The van der Waals surface area contributed by atoms with Crippen LogP contribution in [-0.2, 0) is 11.3 Å². The van der Waals surface area contributed by atoms with Crippen LogP contribution in [0.2, 0.25) is 5.02 Å². The third-order valence-corrected chi connectivity index (χ3v) is 4.68. The Labute approximate surface area is 126 Å². The van der Waals surface area contributed by atoms with Crippen LogP contribution in [0.1, 0.15) is 38.7 Å². The topological polar surface area (TPSA) is 46.3 Å². The van der Waals surface area contributed by atoms with Gasteiger partial charge >= 0.3 is 0 Å². The average molecular weight is 295 g/mol. The molecule has 2 atom stereocenters. The molecular weight excluding hydrogens is 272 g/mol. The molecule has 0 heterocycles. The van der Waals surface area contributed by atoms with E-state index in [2.05, 4.69) is 0 Å². The second-order valence-corrected chi connectivity index (χ2v) is 6.30. The maximum absolute atomic E-state index is 12.8. The van der Waals surface area contributed by atoms with E-state index in [0.717, 1.165) is 24.8 Å². The monoisotopic (exact) mass is 294 g/mol. The lowest BCUT2D eigenvalue weighted by Gasteiger charge is -2.34. The maximum Gasteiger partial charge on any atom is 0.230 e. The van der Waals surface area contributed by atoms with Crippen LogP contribution in [0.3, 0.4) is 0 Å². The van der Waals surface area contributed by atoms with Crippen molar-refractivity contribution in [3.63, 3.8) is 0 Å². The van der Waals surface area contributed by atoms with Gasteiger partial charge in [0.15, 0.2) is 0 Å². The zero-order chi connectivity index (χ0) is 14.8. The predicted octanol–water partition coefficient (Wildman–Crippen LogP) is 3.21. The normalized spacial score (nSPS) is 25.7. The van der Waals surface area contributed by atoms with Crippen LogP contribution in [0.4, 0.5) is 0 Å². The van der Waals surface area contributed by atoms with Crippen molar-refractivity contribution in [2.75, 3.05) is 6.54 Å². The third kappa shape index (κ3) is 2.99. The van der Waals surface area contributed by atoms with Crippen LogP contribution in [0.5, 0.6) is 0 Å². The number of benzene rings is 1. The fourth-order valence-corrected chi connectivity index (χ4v) is 3.22. The first-order chi connectivity index (χ1) is 9.47. The zero-order valence-electron chi connectivity index (χ0n) is 12.2. The van der Waals surface area contributed by atoms with Crippen molar-refractivity contribution in [2.45, 2.75) is 45.7 Å². The molecule has 4 heteroatoms. The summed E-state index contributed by atoms with van der Waals surface area (Å²) in [4.78, 5) is 14.7. The largest absolute Gasteiger partial charge is 0.338 e. The van der Waals surface area contributed by atoms with Gasteiger partial charge in [0.25, 0.3) is 0 Å². The highest BCUT2D eigenvalue weighted by molar-refractivity contribution is 6.30. The molecule has 1 aliphatic rings. The van der Waals surface area contributed by atoms with Gasteiger partial charge in [0.05, 0.1) is 5.41 Å². The van der Waals surface area contributed by atoms with E-state index in [1.165, 1.54) is 0 Å². The molecule has 0 aliphatic heterocycles. The number of carbonyl (C=O) groups is 1. The van der Waals surface area contributed by atoms with Crippen LogP contribution in [0.25, 0.3) is 0 Å². The molecule has 2 rings (SSSR count). The van der Waals surface area contributed by atoms with Gasteiger partial charge in [0.2, 0.25) is 5.91 Å². The van der Waals surface area contributed by atoms with Crippen molar-refractivity contribution < 1.29 is 4.79 Å². The highest BCUT2D eigenvalue weighted by Gasteiger charge is 2.44. The molecule has 3 nitrogen and oxygen atoms in total. The minimum Gasteiger partial charge on any atom is -0.338 e. The molecule has 0 bridgehead atoms. The van der Waals surface area contributed by atoms with Crippen LogP contribution >= 0.6 is 11.6 Å². The molecular formula is C16H23ClN2O. The number of halogens is 1. The van der Waals surface area contributed by atoms with Crippen molar-refractivity contribution in [1.82, 2.24) is 4.90 Å². The Morgan fingerprint density at radius 2 is 2.30 bits per heavy atom. The lowest BCUT2D eigenvalue weighted by Crippen LogP contribution is -2.48. The van der Waals surface area contributed by atoms with Gasteiger partial charge < -0.3 is 10.6 Å². The Kier molecular flexibility index (Phi) is 4.71. The van der Waals surface area contributed by atoms with Gasteiger partial charge in [-0.25, -0.2) is 0 Å². The number of hydrogen-bond donors (Lipinski definition) is 1. The molecule has 1 amide bonds. The van der Waals surface area contributed by atoms with E-state index in [0.29, 0.717) is 18.1 Å². The van der Waals surface area contributed by atoms with Crippen LogP contribution in [0.15, 0.2) is 24.3 Å². The summed E-state index contributed by atoms with van der Waals surface area (Å²) < 4.78 is 0. The Balaban J connectivity index is 2.14. The Hall–Kier alpha value is -1.06. The molecule has 2 unspecified atom stereocenters. The maximum atomic E-state index is 12.8. The molecule has 1 fully saturated rings. The van der Waals surface area contributed by atoms with Crippen molar-refractivity contribution >= 4 is 17.5 Å². The molecule has 1 aromatic rings. The molecule has 1 saturated carbocycles. The Morgan fingerprint density at radius 3 is 2.85 bits per heavy atom. The Morgan fingerprint density at radius 1 is 1.55 bits per heavy atom. The van der Waals surface area contributed by atoms with E-state index in [-0.39, 0.29) is 11.9 Å². The number of nitrogens with two attached hydrogens (primary N) is 1. The fraction of sp³-hybridized carbons (Fsp3) is 0.562. The van der Waals surface area contributed by atoms with E-state index in [9.17, 15) is 4.79 Å². The van der Waals surface area contributed by atoms with E-state index < -0.39 is 5.41 Å². The van der Waals surface area contributed by atoms with Gasteiger partial charge in [-0.1, -0.05) is 30.2 Å². The van der Waals surface area contributed by atoms with Gasteiger partial charge in [-0.05, 0) is 44.4 Å². The van der Waals surface area contributed by atoms with Crippen molar-refractivity contribution in [2.24, 2.45) is 11.1 Å². The molecule has 20 heavy (non-hydrogen) atoms. The number of nitrogens with zero attached hydrogens (tertiary/aromatic N) is 1. The first-order valence-electron chi connectivity index (χ1n) is 7.27. The van der Waals surface area contributed by atoms with Crippen molar-refractivity contribution in [3.8, 4) is 0 Å². The van der Waals surface area contributed by atoms with E-state index in [1.807, 2.05) is 43.0 Å². The minimum absolute atomic E-state index is 0.0246. The first-order valence-corrected chi connectivity index (χ1v) is 7.64. The summed E-state index contributed by atoms with van der Waals surface area (Å²) in [6.07, 6.45) is 2.87. The van der Waals surface area contributed by atoms with Crippen molar-refractivity contribution in [3.05, 3.63) is 34.9 Å². The minimum atomic E-state index is -0.408. The quantitative estimate of drug-likeness (QED) is 0.927. The molecule has 0 radical (unpaired) electrons. The van der Waals surface area contributed by atoms with E-state index in [1.54, 1.807) is 0 Å². The molecule has 0 spiro atoms. The summed E-state index contributed by atoms with van der Waals surface area (Å²) in [6, 6.07) is 7.65. The zero-order valence-corrected chi connectivity index (χ0v) is 13.0. The summed E-state index contributed by atoms with van der Waals surface area (Å²) in [7, 11) is 0. The average Bonchev–Trinajstić information content (AvgIpc) is 2.76. The fourth-order valence-electron chi connectivity index (χ4n) is 3.00. The number of rotatable bonds is 4. The smallest absolute Gasteiger partial charge is 0.230 e. The summed E-state index contributed by atoms with van der Waals surface area (Å²) in [5.74, 6) is 0.171. The summed E-state index contributed by atoms with van der Waals surface area (Å²) >= 11 is 6.01. The molecule has 110 valence electrons. The van der Waals surface area contributed by atoms with Gasteiger partial charge in [-0.15, -0.1) is 0 Å². The highest BCUT2D eigenvalue weighted by Crippen LogP contribution is 2.38. The van der Waals surface area contributed by atoms with Crippen molar-refractivity contribution in [1.29, 1.82) is 0 Å². The molecule has 1 aliphatic carbocycles. The van der Waals surface area contributed by atoms with Crippen LogP contribution < -0.4 is 5.73 Å². The molecule has 0 saturated heterocycles. The second-order valence-electron chi connectivity index (χ2n) is 5.87. The first kappa shape index (κ1) is 15.3. The summed E-state index contributed by atoms with van der Waals surface area (Å²) in [6.45, 7) is 5.30. The van der Waals surface area contributed by atoms with Gasteiger partial charge in [0, 0.05) is 24.2 Å². The number of amides is 1. The van der Waals surface area contributed by atoms with E-state index in [4.69, 9.17) is 17.3 Å². The SMILES string of the molecule is CCN(Cc1cccc(Cl)c1)C(=O)C1(C)CCCC1N. The van der Waals surface area contributed by atoms with Gasteiger partial charge in [-0.2, -0.15) is 0 Å². The standard InChI is InChI=1S/C16H23ClN2O/c1-3-19(11-12-6-4-7-13(17)10-12)15(20)16(2)9-5-8-14(16)18/h4,6-7,10,14H,3,5,8-9,11,18H2,1-2H3. The molecule has 2 N–H and O–H groups in total. The Bertz CT molecular complexity index is 491. The summed E-state index contributed by atoms with van der Waals surface area (Å²) in [5.41, 5.74) is 6.81. The lowest BCUT2D eigenvalue weighted by atomic mass is 9.83. The van der Waals surface area contributed by atoms with Crippen LogP contribution in [0, 0.1) is 5.41 Å². The second kappa shape index (κ2) is 6.15. The van der Waals surface area contributed by atoms with Gasteiger partial charge in [0.1, 0.15) is 0 Å². The van der Waals surface area contributed by atoms with Crippen LogP contribution in [-0.4, -0.2) is 23.4 Å². The molecule has 1 aromatic carbocycles. The third-order valence-electron chi connectivity index (χ3n) is 4.45. The summed E-state index contributed by atoms with van der Waals surface area (Å²) in [5, 5.41) is 0.704. The molecule has 0 aromatic heterocycles. The van der Waals surface area contributed by atoms with Gasteiger partial charge in [-0.3, -0.25) is 4.79 Å². The lowest BCUT2D eigenvalue weighted by molar-refractivity contribution is -0.142. The predicted molar refractivity (Wildman–Crippen MR) is 82.5 cm³/mol. The van der Waals surface area contributed by atoms with E-state index >= 15 is 0 Å². The number of hydrogen-bond acceptors (Lipinski definition) is 2. The number of carbonyl (C=O) groups excluding carboxylic acids is 1.